The van der Waals surface area contributed by atoms with Crippen LogP contribution in [0, 0.1) is 0 Å². The highest BCUT2D eigenvalue weighted by Gasteiger charge is 2.53. The molecule has 2 saturated heterocycles. The van der Waals surface area contributed by atoms with E-state index in [9.17, 15) is 4.79 Å². The lowest BCUT2D eigenvalue weighted by Crippen LogP contribution is -2.47. The molecule has 2 fully saturated rings. The van der Waals surface area contributed by atoms with Crippen molar-refractivity contribution in [3.05, 3.63) is 71.8 Å². The van der Waals surface area contributed by atoms with Crippen LogP contribution in [-0.2, 0) is 32.2 Å². The molecule has 6 heteroatoms. The van der Waals surface area contributed by atoms with E-state index < -0.39 is 6.29 Å². The molecule has 0 spiro atoms. The number of carbonyl (C=O) groups is 1. The van der Waals surface area contributed by atoms with Gasteiger partial charge in [0.1, 0.15) is 12.7 Å². The van der Waals surface area contributed by atoms with Crippen molar-refractivity contribution in [2.45, 2.75) is 44.2 Å². The predicted octanol–water partition coefficient (Wildman–Crippen LogP) is 3.35. The first-order chi connectivity index (χ1) is 13.8. The highest BCUT2D eigenvalue weighted by Crippen LogP contribution is 2.36. The van der Waals surface area contributed by atoms with Gasteiger partial charge in [0, 0.05) is 13.7 Å². The van der Waals surface area contributed by atoms with Crippen LogP contribution >= 0.6 is 0 Å². The average molecular weight is 383 g/mol. The predicted molar refractivity (Wildman–Crippen MR) is 102 cm³/mol. The lowest BCUT2D eigenvalue weighted by atomic mass is 10.1. The van der Waals surface area contributed by atoms with Crippen LogP contribution in [-0.4, -0.2) is 49.2 Å². The first kappa shape index (κ1) is 18.9. The molecule has 0 saturated carbocycles. The van der Waals surface area contributed by atoms with E-state index in [-0.39, 0.29) is 30.9 Å². The van der Waals surface area contributed by atoms with Gasteiger partial charge in [0.25, 0.3) is 0 Å². The van der Waals surface area contributed by atoms with E-state index in [1.165, 1.54) is 0 Å². The fourth-order valence-corrected chi connectivity index (χ4v) is 3.88. The van der Waals surface area contributed by atoms with Crippen molar-refractivity contribution in [2.75, 3.05) is 13.7 Å². The van der Waals surface area contributed by atoms with Crippen LogP contribution in [0.1, 0.15) is 17.5 Å². The Kier molecular flexibility index (Phi) is 5.90. The second-order valence-corrected chi connectivity index (χ2v) is 7.05. The molecule has 2 heterocycles. The van der Waals surface area contributed by atoms with Crippen LogP contribution in [0.15, 0.2) is 60.7 Å². The van der Waals surface area contributed by atoms with E-state index in [0.29, 0.717) is 13.2 Å². The second kappa shape index (κ2) is 8.73. The number of hydrogen-bond acceptors (Lipinski definition) is 5. The minimum absolute atomic E-state index is 0.102. The minimum atomic E-state index is -0.497. The maximum atomic E-state index is 12.7. The first-order valence-corrected chi connectivity index (χ1v) is 9.57. The number of fused-ring (bicyclic) bond motifs is 1. The monoisotopic (exact) mass is 383 g/mol. The molecule has 4 atom stereocenters. The van der Waals surface area contributed by atoms with Crippen molar-refractivity contribution in [2.24, 2.45) is 0 Å². The third-order valence-electron chi connectivity index (χ3n) is 5.27. The molecule has 0 bridgehead atoms. The molecule has 28 heavy (non-hydrogen) atoms. The van der Waals surface area contributed by atoms with Gasteiger partial charge in [0.05, 0.1) is 18.8 Å². The van der Waals surface area contributed by atoms with Gasteiger partial charge in [-0.1, -0.05) is 60.7 Å². The fraction of sp³-hybridized carbons (Fsp3) is 0.409. The minimum Gasteiger partial charge on any atom is -0.445 e. The smallest absolute Gasteiger partial charge is 0.410 e. The molecule has 0 unspecified atom stereocenters. The van der Waals surface area contributed by atoms with E-state index in [0.717, 1.165) is 17.5 Å². The number of ether oxygens (including phenoxy) is 4. The summed E-state index contributed by atoms with van der Waals surface area (Å²) >= 11 is 0. The highest BCUT2D eigenvalue weighted by atomic mass is 16.7. The molecule has 1 amide bonds. The zero-order valence-corrected chi connectivity index (χ0v) is 15.9. The number of amides is 1. The third kappa shape index (κ3) is 4.04. The van der Waals surface area contributed by atoms with Gasteiger partial charge in [0.2, 0.25) is 0 Å². The molecule has 148 valence electrons. The Bertz CT molecular complexity index is 769. The van der Waals surface area contributed by atoms with Crippen LogP contribution in [0.2, 0.25) is 0 Å². The maximum absolute atomic E-state index is 12.7. The molecular formula is C22H25NO5. The Balaban J connectivity index is 1.41. The zero-order chi connectivity index (χ0) is 19.3. The van der Waals surface area contributed by atoms with Crippen LogP contribution < -0.4 is 0 Å². The topological polar surface area (TPSA) is 57.2 Å². The average Bonchev–Trinajstić information content (AvgIpc) is 3.31. The summed E-state index contributed by atoms with van der Waals surface area (Å²) in [6.45, 7) is 1.27. The SMILES string of the molecule is CO[C@@H]1O[C@H]2CCN(C(=O)OCc3ccccc3)[C@@H]2[C@@H]1OCc1ccccc1. The fourth-order valence-electron chi connectivity index (χ4n) is 3.88. The van der Waals surface area contributed by atoms with E-state index in [2.05, 4.69) is 0 Å². The summed E-state index contributed by atoms with van der Waals surface area (Å²) in [6.07, 6.45) is -0.554. The molecule has 6 nitrogen and oxygen atoms in total. The van der Waals surface area contributed by atoms with E-state index in [4.69, 9.17) is 18.9 Å². The molecule has 0 aromatic heterocycles. The summed E-state index contributed by atoms with van der Waals surface area (Å²) in [5, 5.41) is 0. The van der Waals surface area contributed by atoms with Crippen molar-refractivity contribution in [3.8, 4) is 0 Å². The summed E-state index contributed by atoms with van der Waals surface area (Å²) in [7, 11) is 1.60. The van der Waals surface area contributed by atoms with Crippen LogP contribution in [0.5, 0.6) is 0 Å². The van der Waals surface area contributed by atoms with Crippen molar-refractivity contribution < 1.29 is 23.7 Å². The van der Waals surface area contributed by atoms with E-state index in [1.54, 1.807) is 12.0 Å². The molecular weight excluding hydrogens is 358 g/mol. The number of rotatable bonds is 6. The summed E-state index contributed by atoms with van der Waals surface area (Å²) in [5.41, 5.74) is 2.03. The van der Waals surface area contributed by atoms with Crippen LogP contribution in [0.3, 0.4) is 0 Å². The molecule has 4 rings (SSSR count). The largest absolute Gasteiger partial charge is 0.445 e. The Hall–Kier alpha value is -2.41. The molecule has 2 aromatic rings. The van der Waals surface area contributed by atoms with Crippen molar-refractivity contribution >= 4 is 6.09 Å². The highest BCUT2D eigenvalue weighted by molar-refractivity contribution is 5.69. The molecule has 2 aromatic carbocycles. The van der Waals surface area contributed by atoms with Crippen molar-refractivity contribution in [3.63, 3.8) is 0 Å². The molecule has 0 N–H and O–H groups in total. The maximum Gasteiger partial charge on any atom is 0.410 e. The molecule has 2 aliphatic rings. The Labute approximate surface area is 165 Å². The van der Waals surface area contributed by atoms with Crippen molar-refractivity contribution in [1.29, 1.82) is 0 Å². The zero-order valence-electron chi connectivity index (χ0n) is 15.9. The Morgan fingerprint density at radius 2 is 1.68 bits per heavy atom. The summed E-state index contributed by atoms with van der Waals surface area (Å²) in [6, 6.07) is 19.4. The van der Waals surface area contributed by atoms with Crippen LogP contribution in [0.25, 0.3) is 0 Å². The van der Waals surface area contributed by atoms with Crippen molar-refractivity contribution in [1.82, 2.24) is 4.90 Å². The third-order valence-corrected chi connectivity index (χ3v) is 5.27. The first-order valence-electron chi connectivity index (χ1n) is 9.57. The number of likely N-dealkylation sites (tertiary alicyclic amines) is 1. The van der Waals surface area contributed by atoms with Gasteiger partial charge in [-0.25, -0.2) is 4.79 Å². The Morgan fingerprint density at radius 3 is 2.32 bits per heavy atom. The number of benzene rings is 2. The van der Waals surface area contributed by atoms with Gasteiger partial charge in [-0.05, 0) is 17.5 Å². The molecule has 0 radical (unpaired) electrons. The van der Waals surface area contributed by atoms with E-state index in [1.807, 2.05) is 60.7 Å². The second-order valence-electron chi connectivity index (χ2n) is 7.05. The van der Waals surface area contributed by atoms with Crippen LogP contribution in [0.4, 0.5) is 4.79 Å². The van der Waals surface area contributed by atoms with Gasteiger partial charge in [-0.2, -0.15) is 0 Å². The van der Waals surface area contributed by atoms with Gasteiger partial charge in [-0.15, -0.1) is 0 Å². The normalized spacial score (nSPS) is 26.2. The standard InChI is InChI=1S/C22H25NO5/c1-25-21-20(26-14-16-8-4-2-5-9-16)19-18(28-21)12-13-23(19)22(24)27-15-17-10-6-3-7-11-17/h2-11,18-21H,12-15H2,1H3/t18-,19-,20-,21+/m0/s1. The lowest BCUT2D eigenvalue weighted by Gasteiger charge is -2.29. The Morgan fingerprint density at radius 1 is 1.04 bits per heavy atom. The number of carbonyl (C=O) groups excluding carboxylic acids is 1. The number of nitrogens with zero attached hydrogens (tertiary/aromatic N) is 1. The summed E-state index contributed by atoms with van der Waals surface area (Å²) < 4.78 is 23.1. The lowest BCUT2D eigenvalue weighted by molar-refractivity contribution is -0.167. The van der Waals surface area contributed by atoms with Gasteiger partial charge in [0.15, 0.2) is 6.29 Å². The quantitative estimate of drug-likeness (QED) is 0.766. The van der Waals surface area contributed by atoms with Gasteiger partial charge < -0.3 is 18.9 Å². The number of methoxy groups -OCH3 is 1. The van der Waals surface area contributed by atoms with Gasteiger partial charge in [-0.3, -0.25) is 4.90 Å². The molecule has 2 aliphatic heterocycles. The number of hydrogen-bond donors (Lipinski definition) is 0. The summed E-state index contributed by atoms with van der Waals surface area (Å²) in [4.78, 5) is 14.5. The van der Waals surface area contributed by atoms with E-state index >= 15 is 0 Å². The van der Waals surface area contributed by atoms with Gasteiger partial charge >= 0.3 is 6.09 Å². The molecule has 0 aliphatic carbocycles. The summed E-state index contributed by atoms with van der Waals surface area (Å²) in [5.74, 6) is 0.